The second kappa shape index (κ2) is 11.1. The van der Waals surface area contributed by atoms with Crippen molar-refractivity contribution in [1.29, 1.82) is 0 Å². The number of pyridine rings is 1. The number of nitrogens with one attached hydrogen (secondary N) is 1. The molecule has 9 heteroatoms. The molecule has 2 saturated heterocycles. The lowest BCUT2D eigenvalue weighted by atomic mass is 9.85. The van der Waals surface area contributed by atoms with Crippen LogP contribution < -0.4 is 10.1 Å². The molecule has 0 radical (unpaired) electrons. The van der Waals surface area contributed by atoms with E-state index in [0.717, 1.165) is 79.6 Å². The highest BCUT2D eigenvalue weighted by atomic mass is 16.5. The lowest BCUT2D eigenvalue weighted by molar-refractivity contribution is -0.136. The van der Waals surface area contributed by atoms with Gasteiger partial charge in [0.25, 0.3) is 5.91 Å². The van der Waals surface area contributed by atoms with Gasteiger partial charge in [-0.15, -0.1) is 0 Å². The number of hydrogen-bond donors (Lipinski definition) is 2. The molecule has 42 heavy (non-hydrogen) atoms. The molecule has 3 aromatic rings. The van der Waals surface area contributed by atoms with Crippen molar-refractivity contribution in [2.75, 3.05) is 13.1 Å². The Kier molecular flexibility index (Phi) is 7.15. The zero-order chi connectivity index (χ0) is 28.8. The standard InChI is InChI=1S/C33H36N4O5/c38-24-3-1-2-21(15-24)29-9-5-22-14-20(4-8-28(22)34-29)17-36-13-12-26(19-36)42-25-6-7-27-23(16-25)18-37(33(27)41)30-10-11-31(39)35-32(30)40/h4-9,14,16,21,24,26,30,38H,1-3,10-13,15,17-19H2,(H,35,39,40)/t21-,24+,26-,30?/m0/s1. The number of benzene rings is 2. The van der Waals surface area contributed by atoms with Crippen molar-refractivity contribution < 1.29 is 24.2 Å². The van der Waals surface area contributed by atoms with E-state index in [0.29, 0.717) is 24.4 Å². The molecule has 4 aliphatic rings. The van der Waals surface area contributed by atoms with Crippen molar-refractivity contribution in [2.24, 2.45) is 0 Å². The van der Waals surface area contributed by atoms with Crippen molar-refractivity contribution in [2.45, 2.75) is 82.2 Å². The van der Waals surface area contributed by atoms with E-state index in [9.17, 15) is 19.5 Å². The van der Waals surface area contributed by atoms with Gasteiger partial charge in [-0.3, -0.25) is 29.6 Å². The largest absolute Gasteiger partial charge is 0.489 e. The molecule has 3 amide bonds. The Morgan fingerprint density at radius 2 is 1.90 bits per heavy atom. The molecule has 218 valence electrons. The van der Waals surface area contributed by atoms with Crippen LogP contribution in [0.3, 0.4) is 0 Å². The van der Waals surface area contributed by atoms with E-state index in [1.807, 2.05) is 12.1 Å². The van der Waals surface area contributed by atoms with Crippen molar-refractivity contribution in [3.8, 4) is 5.75 Å². The highest BCUT2D eigenvalue weighted by molar-refractivity contribution is 6.05. The molecule has 1 aromatic heterocycles. The van der Waals surface area contributed by atoms with Crippen LogP contribution in [0.4, 0.5) is 0 Å². The Bertz CT molecular complexity index is 1560. The summed E-state index contributed by atoms with van der Waals surface area (Å²) in [6.45, 7) is 2.94. The van der Waals surface area contributed by atoms with Gasteiger partial charge in [0.05, 0.1) is 11.6 Å². The Morgan fingerprint density at radius 3 is 2.76 bits per heavy atom. The maximum absolute atomic E-state index is 13.0. The number of aliphatic hydroxyl groups is 1. The molecule has 0 bridgehead atoms. The maximum Gasteiger partial charge on any atom is 0.255 e. The number of nitrogens with zero attached hydrogens (tertiary/aromatic N) is 3. The molecule has 1 unspecified atom stereocenters. The molecule has 4 heterocycles. The second-order valence-electron chi connectivity index (χ2n) is 12.3. The van der Waals surface area contributed by atoms with E-state index in [1.54, 1.807) is 11.0 Å². The molecule has 3 fully saturated rings. The first-order chi connectivity index (χ1) is 20.4. The van der Waals surface area contributed by atoms with Crippen LogP contribution in [-0.2, 0) is 22.7 Å². The van der Waals surface area contributed by atoms with Crippen molar-refractivity contribution in [3.63, 3.8) is 0 Å². The summed E-state index contributed by atoms with van der Waals surface area (Å²) in [5.41, 5.74) is 4.78. The van der Waals surface area contributed by atoms with Crippen LogP contribution in [0.15, 0.2) is 48.5 Å². The number of imide groups is 1. The predicted octanol–water partition coefficient (Wildman–Crippen LogP) is 3.67. The molecule has 7 rings (SSSR count). The molecule has 4 atom stereocenters. The fourth-order valence-electron chi connectivity index (χ4n) is 7.06. The average molecular weight is 569 g/mol. The van der Waals surface area contributed by atoms with Crippen LogP contribution in [0.1, 0.15) is 78.0 Å². The molecule has 2 aromatic carbocycles. The summed E-state index contributed by atoms with van der Waals surface area (Å²) in [6, 6.07) is 15.7. The third kappa shape index (κ3) is 5.39. The molecule has 1 saturated carbocycles. The number of hydrogen-bond acceptors (Lipinski definition) is 7. The highest BCUT2D eigenvalue weighted by Gasteiger charge is 2.39. The zero-order valence-corrected chi connectivity index (χ0v) is 23.6. The Balaban J connectivity index is 0.957. The van der Waals surface area contributed by atoms with Crippen molar-refractivity contribution >= 4 is 28.6 Å². The van der Waals surface area contributed by atoms with Crippen molar-refractivity contribution in [1.82, 2.24) is 20.1 Å². The lowest BCUT2D eigenvalue weighted by Crippen LogP contribution is -2.52. The number of rotatable bonds is 6. The smallest absolute Gasteiger partial charge is 0.255 e. The molecular weight excluding hydrogens is 532 g/mol. The minimum atomic E-state index is -0.616. The minimum Gasteiger partial charge on any atom is -0.489 e. The normalized spacial score (nSPS) is 26.5. The Morgan fingerprint density at radius 1 is 1.00 bits per heavy atom. The Labute approximate surface area is 244 Å². The van der Waals surface area contributed by atoms with Crippen molar-refractivity contribution in [3.05, 3.63) is 70.9 Å². The summed E-state index contributed by atoms with van der Waals surface area (Å²) in [7, 11) is 0. The third-order valence-corrected chi connectivity index (χ3v) is 9.27. The van der Waals surface area contributed by atoms with Gasteiger partial charge in [-0.1, -0.05) is 18.6 Å². The van der Waals surface area contributed by atoms with Gasteiger partial charge >= 0.3 is 0 Å². The number of ether oxygens (including phenoxy) is 1. The number of aliphatic hydroxyl groups excluding tert-OH is 1. The monoisotopic (exact) mass is 568 g/mol. The number of fused-ring (bicyclic) bond motifs is 2. The SMILES string of the molecule is O=C1CCC(N2Cc3cc(O[C@H]4CCN(Cc5ccc6nc([C@H]7CCC[C@@H](O)C7)ccc6c5)C4)ccc3C2=O)C(=O)N1. The summed E-state index contributed by atoms with van der Waals surface area (Å²) in [4.78, 5) is 45.7. The van der Waals surface area contributed by atoms with Crippen LogP contribution in [0, 0.1) is 0 Å². The van der Waals surface area contributed by atoms with Gasteiger partial charge in [-0.05, 0) is 79.6 Å². The summed E-state index contributed by atoms with van der Waals surface area (Å²) < 4.78 is 6.34. The van der Waals surface area contributed by atoms with E-state index in [2.05, 4.69) is 40.5 Å². The van der Waals surface area contributed by atoms with Gasteiger partial charge in [0.2, 0.25) is 11.8 Å². The average Bonchev–Trinajstić information content (AvgIpc) is 3.55. The quantitative estimate of drug-likeness (QED) is 0.437. The molecule has 0 spiro atoms. The van der Waals surface area contributed by atoms with E-state index in [1.165, 1.54) is 5.56 Å². The number of amides is 3. The van der Waals surface area contributed by atoms with Gasteiger partial charge in [0.15, 0.2) is 0 Å². The number of aromatic nitrogens is 1. The van der Waals surface area contributed by atoms with Crippen LogP contribution in [0.25, 0.3) is 10.9 Å². The van der Waals surface area contributed by atoms with Gasteiger partial charge < -0.3 is 14.7 Å². The number of carbonyl (C=O) groups excluding carboxylic acids is 3. The molecule has 9 nitrogen and oxygen atoms in total. The number of carbonyl (C=O) groups is 3. The molecular formula is C33H36N4O5. The third-order valence-electron chi connectivity index (χ3n) is 9.27. The highest BCUT2D eigenvalue weighted by Crippen LogP contribution is 2.34. The number of piperidine rings is 1. The van der Waals surface area contributed by atoms with Crippen LogP contribution in [0.2, 0.25) is 0 Å². The summed E-state index contributed by atoms with van der Waals surface area (Å²) in [5, 5.41) is 13.6. The fraction of sp³-hybridized carbons (Fsp3) is 0.455. The Hall–Kier alpha value is -3.82. The van der Waals surface area contributed by atoms with Gasteiger partial charge in [0, 0.05) is 55.2 Å². The summed E-state index contributed by atoms with van der Waals surface area (Å²) in [6.07, 6.45) is 5.22. The van der Waals surface area contributed by atoms with E-state index >= 15 is 0 Å². The lowest BCUT2D eigenvalue weighted by Gasteiger charge is -2.29. The van der Waals surface area contributed by atoms with Crippen LogP contribution in [0.5, 0.6) is 5.75 Å². The van der Waals surface area contributed by atoms with E-state index < -0.39 is 11.9 Å². The first-order valence-electron chi connectivity index (χ1n) is 15.1. The van der Waals surface area contributed by atoms with Crippen LogP contribution >= 0.6 is 0 Å². The summed E-state index contributed by atoms with van der Waals surface area (Å²) >= 11 is 0. The van der Waals surface area contributed by atoms with Crippen LogP contribution in [-0.4, -0.2) is 69.0 Å². The van der Waals surface area contributed by atoms with Gasteiger partial charge in [-0.2, -0.15) is 0 Å². The molecule has 1 aliphatic carbocycles. The molecule has 2 N–H and O–H groups in total. The van der Waals surface area contributed by atoms with Gasteiger partial charge in [0.1, 0.15) is 17.9 Å². The van der Waals surface area contributed by atoms with Gasteiger partial charge in [-0.25, -0.2) is 0 Å². The van der Waals surface area contributed by atoms with E-state index in [-0.39, 0.29) is 30.4 Å². The molecule has 3 aliphatic heterocycles. The number of likely N-dealkylation sites (tertiary alicyclic amines) is 1. The first kappa shape index (κ1) is 27.0. The fourth-order valence-corrected chi connectivity index (χ4v) is 7.06. The zero-order valence-electron chi connectivity index (χ0n) is 23.6. The summed E-state index contributed by atoms with van der Waals surface area (Å²) in [5.74, 6) is 0.214. The second-order valence-corrected chi connectivity index (χ2v) is 12.3. The first-order valence-corrected chi connectivity index (χ1v) is 15.1. The minimum absolute atomic E-state index is 0.0573. The van der Waals surface area contributed by atoms with E-state index in [4.69, 9.17) is 9.72 Å². The maximum atomic E-state index is 13.0. The topological polar surface area (TPSA) is 112 Å². The predicted molar refractivity (Wildman–Crippen MR) is 156 cm³/mol.